The van der Waals surface area contributed by atoms with E-state index in [9.17, 15) is 14.7 Å². The van der Waals surface area contributed by atoms with Gasteiger partial charge in [-0.05, 0) is 69.1 Å². The lowest BCUT2D eigenvalue weighted by atomic mass is 9.97. The molecular formula is C22H26N2O3S. The van der Waals surface area contributed by atoms with Gasteiger partial charge in [-0.3, -0.25) is 9.59 Å². The van der Waals surface area contributed by atoms with E-state index in [2.05, 4.69) is 0 Å². The molecule has 148 valence electrons. The number of benzene rings is 1. The lowest BCUT2D eigenvalue weighted by Gasteiger charge is -2.26. The standard InChI is InChI=1S/C22H26N2O3S/c1-13-6-7-16(12-15(13)3)19(25)17-18(21-14(2)8-11-28-21)24(10-9-23(4)5)22(27)20(17)26/h6-8,11-12,18,25H,9-10H2,1-5H3/b19-17-. The van der Waals surface area contributed by atoms with Crippen molar-refractivity contribution in [2.75, 3.05) is 27.2 Å². The van der Waals surface area contributed by atoms with Gasteiger partial charge in [-0.25, -0.2) is 0 Å². The summed E-state index contributed by atoms with van der Waals surface area (Å²) in [4.78, 5) is 30.2. The molecule has 0 radical (unpaired) electrons. The van der Waals surface area contributed by atoms with E-state index in [0.29, 0.717) is 18.7 Å². The van der Waals surface area contributed by atoms with E-state index < -0.39 is 17.7 Å². The maximum absolute atomic E-state index is 12.9. The number of likely N-dealkylation sites (tertiary alicyclic amines) is 1. The van der Waals surface area contributed by atoms with Gasteiger partial charge in [-0.2, -0.15) is 0 Å². The molecule has 1 unspecified atom stereocenters. The van der Waals surface area contributed by atoms with Crippen molar-refractivity contribution >= 4 is 28.8 Å². The van der Waals surface area contributed by atoms with Crippen LogP contribution >= 0.6 is 11.3 Å². The Morgan fingerprint density at radius 1 is 1.11 bits per heavy atom. The summed E-state index contributed by atoms with van der Waals surface area (Å²) in [6.45, 7) is 6.98. The predicted octanol–water partition coefficient (Wildman–Crippen LogP) is 3.66. The molecule has 2 aromatic rings. The molecule has 1 aromatic heterocycles. The van der Waals surface area contributed by atoms with Crippen molar-refractivity contribution in [3.63, 3.8) is 0 Å². The van der Waals surface area contributed by atoms with E-state index in [-0.39, 0.29) is 11.3 Å². The Morgan fingerprint density at radius 3 is 2.39 bits per heavy atom. The third-order valence-corrected chi connectivity index (χ3v) is 6.33. The molecule has 0 bridgehead atoms. The zero-order valence-electron chi connectivity index (χ0n) is 16.9. The molecule has 1 amide bonds. The number of Topliss-reactive ketones (excluding diaryl/α,β-unsaturated/α-hetero) is 1. The fraction of sp³-hybridized carbons (Fsp3) is 0.364. The number of hydrogen-bond acceptors (Lipinski definition) is 5. The van der Waals surface area contributed by atoms with E-state index in [4.69, 9.17) is 0 Å². The van der Waals surface area contributed by atoms with E-state index in [1.807, 2.05) is 63.3 Å². The Kier molecular flexibility index (Phi) is 5.72. The Balaban J connectivity index is 2.16. The number of nitrogens with zero attached hydrogens (tertiary/aromatic N) is 2. The van der Waals surface area contributed by atoms with Gasteiger partial charge in [-0.1, -0.05) is 12.1 Å². The third kappa shape index (κ3) is 3.62. The zero-order chi connectivity index (χ0) is 20.6. The van der Waals surface area contributed by atoms with Crippen LogP contribution < -0.4 is 0 Å². The smallest absolute Gasteiger partial charge is 0.295 e. The largest absolute Gasteiger partial charge is 0.507 e. The van der Waals surface area contributed by atoms with Crippen LogP contribution in [0.1, 0.15) is 33.2 Å². The number of amides is 1. The maximum Gasteiger partial charge on any atom is 0.295 e. The van der Waals surface area contributed by atoms with Crippen LogP contribution in [0.25, 0.3) is 5.76 Å². The molecular weight excluding hydrogens is 372 g/mol. The summed E-state index contributed by atoms with van der Waals surface area (Å²) in [6, 6.07) is 6.99. The molecule has 6 heteroatoms. The van der Waals surface area contributed by atoms with Crippen LogP contribution in [0.2, 0.25) is 0 Å². The highest BCUT2D eigenvalue weighted by atomic mass is 32.1. The number of rotatable bonds is 5. The molecule has 1 aliphatic heterocycles. The highest BCUT2D eigenvalue weighted by Gasteiger charge is 2.46. The van der Waals surface area contributed by atoms with Crippen molar-refractivity contribution in [1.29, 1.82) is 0 Å². The summed E-state index contributed by atoms with van der Waals surface area (Å²) in [6.07, 6.45) is 0. The van der Waals surface area contributed by atoms with E-state index in [0.717, 1.165) is 21.6 Å². The second kappa shape index (κ2) is 7.89. The van der Waals surface area contributed by atoms with Gasteiger partial charge in [0.15, 0.2) is 0 Å². The molecule has 0 aliphatic carbocycles. The molecule has 5 nitrogen and oxygen atoms in total. The normalized spacial score (nSPS) is 19.1. The maximum atomic E-state index is 12.9. The highest BCUT2D eigenvalue weighted by Crippen LogP contribution is 2.42. The number of likely N-dealkylation sites (N-methyl/N-ethyl adjacent to an activating group) is 1. The van der Waals surface area contributed by atoms with Gasteiger partial charge in [-0.15, -0.1) is 11.3 Å². The van der Waals surface area contributed by atoms with Gasteiger partial charge in [0.25, 0.3) is 11.7 Å². The van der Waals surface area contributed by atoms with Gasteiger partial charge in [0.05, 0.1) is 11.6 Å². The molecule has 1 N–H and O–H groups in total. The first-order chi connectivity index (χ1) is 13.2. The SMILES string of the molecule is Cc1ccc(/C(O)=C2/C(=O)C(=O)N(CCN(C)C)C2c2sccc2C)cc1C. The minimum Gasteiger partial charge on any atom is -0.507 e. The van der Waals surface area contributed by atoms with Gasteiger partial charge >= 0.3 is 0 Å². The number of hydrogen-bond donors (Lipinski definition) is 1. The molecule has 1 aliphatic rings. The van der Waals surface area contributed by atoms with Gasteiger partial charge < -0.3 is 14.9 Å². The second-order valence-electron chi connectivity index (χ2n) is 7.56. The molecule has 1 saturated heterocycles. The fourth-order valence-corrected chi connectivity index (χ4v) is 4.45. The number of aryl methyl sites for hydroxylation is 3. The molecule has 1 atom stereocenters. The highest BCUT2D eigenvalue weighted by molar-refractivity contribution is 7.10. The number of aliphatic hydroxyl groups excluding tert-OH is 1. The molecule has 1 aromatic carbocycles. The minimum absolute atomic E-state index is 0.105. The average molecular weight is 399 g/mol. The number of carbonyl (C=O) groups excluding carboxylic acids is 2. The number of carbonyl (C=O) groups is 2. The first-order valence-electron chi connectivity index (χ1n) is 9.27. The summed E-state index contributed by atoms with van der Waals surface area (Å²) in [5.74, 6) is -1.27. The summed E-state index contributed by atoms with van der Waals surface area (Å²) in [7, 11) is 3.86. The first kappa shape index (κ1) is 20.3. The second-order valence-corrected chi connectivity index (χ2v) is 8.51. The van der Waals surface area contributed by atoms with Crippen LogP contribution in [-0.2, 0) is 9.59 Å². The molecule has 3 rings (SSSR count). The summed E-state index contributed by atoms with van der Waals surface area (Å²) < 4.78 is 0. The van der Waals surface area contributed by atoms with Crippen LogP contribution in [0.4, 0.5) is 0 Å². The van der Waals surface area contributed by atoms with Crippen molar-refractivity contribution in [2.45, 2.75) is 26.8 Å². The van der Waals surface area contributed by atoms with Crippen LogP contribution in [-0.4, -0.2) is 53.8 Å². The molecule has 2 heterocycles. The quantitative estimate of drug-likeness (QED) is 0.474. The van der Waals surface area contributed by atoms with Gasteiger partial charge in [0.1, 0.15) is 5.76 Å². The lowest BCUT2D eigenvalue weighted by molar-refractivity contribution is -0.140. The number of thiophene rings is 1. The van der Waals surface area contributed by atoms with Gasteiger partial charge in [0, 0.05) is 23.5 Å². The monoisotopic (exact) mass is 398 g/mol. The van der Waals surface area contributed by atoms with E-state index in [1.54, 1.807) is 11.0 Å². The van der Waals surface area contributed by atoms with Crippen molar-refractivity contribution in [1.82, 2.24) is 9.80 Å². The number of ketones is 1. The summed E-state index contributed by atoms with van der Waals surface area (Å²) >= 11 is 1.51. The Morgan fingerprint density at radius 2 is 1.82 bits per heavy atom. The van der Waals surface area contributed by atoms with Crippen molar-refractivity contribution in [3.8, 4) is 0 Å². The van der Waals surface area contributed by atoms with E-state index >= 15 is 0 Å². The molecule has 1 fully saturated rings. The summed E-state index contributed by atoms with van der Waals surface area (Å²) in [5.41, 5.74) is 3.88. The topological polar surface area (TPSA) is 60.9 Å². The molecule has 0 saturated carbocycles. The Hall–Kier alpha value is -2.44. The fourth-order valence-electron chi connectivity index (χ4n) is 3.40. The zero-order valence-corrected chi connectivity index (χ0v) is 17.8. The Labute approximate surface area is 169 Å². The van der Waals surface area contributed by atoms with Crippen LogP contribution in [0.3, 0.4) is 0 Å². The lowest BCUT2D eigenvalue weighted by Crippen LogP contribution is -2.35. The van der Waals surface area contributed by atoms with E-state index in [1.165, 1.54) is 11.3 Å². The van der Waals surface area contributed by atoms with Crippen molar-refractivity contribution in [3.05, 3.63) is 62.3 Å². The van der Waals surface area contributed by atoms with Crippen LogP contribution in [0, 0.1) is 20.8 Å². The predicted molar refractivity (Wildman–Crippen MR) is 113 cm³/mol. The Bertz CT molecular complexity index is 958. The molecule has 0 spiro atoms. The van der Waals surface area contributed by atoms with Crippen molar-refractivity contribution in [2.24, 2.45) is 0 Å². The minimum atomic E-state index is -0.618. The first-order valence-corrected chi connectivity index (χ1v) is 10.1. The third-order valence-electron chi connectivity index (χ3n) is 5.26. The van der Waals surface area contributed by atoms with Crippen LogP contribution in [0.15, 0.2) is 35.2 Å². The van der Waals surface area contributed by atoms with Crippen molar-refractivity contribution < 1.29 is 14.7 Å². The van der Waals surface area contributed by atoms with Crippen LogP contribution in [0.5, 0.6) is 0 Å². The number of aliphatic hydroxyl groups is 1. The summed E-state index contributed by atoms with van der Waals surface area (Å²) in [5, 5.41) is 13.0. The molecule has 28 heavy (non-hydrogen) atoms. The van der Waals surface area contributed by atoms with Gasteiger partial charge in [0.2, 0.25) is 0 Å². The average Bonchev–Trinajstić information content (AvgIpc) is 3.16.